The summed E-state index contributed by atoms with van der Waals surface area (Å²) in [6, 6.07) is 0.260. The van der Waals surface area contributed by atoms with Crippen LogP contribution in [0.3, 0.4) is 0 Å². The molecule has 3 atom stereocenters. The number of carbonyl (C=O) groups excluding carboxylic acids is 1. The third-order valence-corrected chi connectivity index (χ3v) is 9.78. The molecule has 1 N–H and O–H groups in total. The van der Waals surface area contributed by atoms with E-state index in [1.165, 1.54) is 0 Å². The van der Waals surface area contributed by atoms with Gasteiger partial charge in [-0.05, 0) is 45.3 Å². The van der Waals surface area contributed by atoms with Crippen molar-refractivity contribution < 1.29 is 14.0 Å². The summed E-state index contributed by atoms with van der Waals surface area (Å²) in [5.41, 5.74) is -0.461. The SMILES string of the molecule is CC(C)(C)OC(=O)N1[C@@H]2CNC[C@H]1[C@@H](O[Si](C)(C)C(C)(C)C)C2. The molecule has 0 saturated carbocycles. The summed E-state index contributed by atoms with van der Waals surface area (Å²) in [7, 11) is -1.85. The van der Waals surface area contributed by atoms with Crippen molar-refractivity contribution in [2.75, 3.05) is 13.1 Å². The van der Waals surface area contributed by atoms with Crippen LogP contribution in [0.1, 0.15) is 48.0 Å². The number of fused-ring (bicyclic) bond motifs is 2. The second-order valence-electron chi connectivity index (χ2n) is 9.42. The minimum atomic E-state index is -1.85. The Morgan fingerprint density at radius 3 is 2.26 bits per heavy atom. The third-order valence-electron chi connectivity index (χ3n) is 5.27. The molecule has 0 aromatic carbocycles. The van der Waals surface area contributed by atoms with Gasteiger partial charge in [-0.25, -0.2) is 4.79 Å². The molecule has 1 amide bonds. The summed E-state index contributed by atoms with van der Waals surface area (Å²) in [5, 5.41) is 3.61. The highest BCUT2D eigenvalue weighted by molar-refractivity contribution is 6.74. The van der Waals surface area contributed by atoms with Crippen molar-refractivity contribution in [1.29, 1.82) is 0 Å². The van der Waals surface area contributed by atoms with Gasteiger partial charge in [0.2, 0.25) is 0 Å². The molecule has 0 unspecified atom stereocenters. The van der Waals surface area contributed by atoms with Gasteiger partial charge in [0.25, 0.3) is 0 Å². The highest BCUT2D eigenvalue weighted by Crippen LogP contribution is 2.41. The van der Waals surface area contributed by atoms with Crippen molar-refractivity contribution >= 4 is 14.4 Å². The van der Waals surface area contributed by atoms with Gasteiger partial charge in [0.1, 0.15) is 5.60 Å². The Morgan fingerprint density at radius 2 is 1.74 bits per heavy atom. The predicted molar refractivity (Wildman–Crippen MR) is 95.2 cm³/mol. The van der Waals surface area contributed by atoms with E-state index in [0.29, 0.717) is 0 Å². The van der Waals surface area contributed by atoms with Crippen LogP contribution in [0, 0.1) is 0 Å². The fourth-order valence-corrected chi connectivity index (χ4v) is 4.44. The number of piperazine rings is 1. The van der Waals surface area contributed by atoms with Gasteiger partial charge in [-0.15, -0.1) is 0 Å². The van der Waals surface area contributed by atoms with E-state index in [1.54, 1.807) is 0 Å². The summed E-state index contributed by atoms with van der Waals surface area (Å²) in [6.45, 7) is 18.7. The largest absolute Gasteiger partial charge is 0.444 e. The van der Waals surface area contributed by atoms with E-state index < -0.39 is 13.9 Å². The molecule has 0 radical (unpaired) electrons. The van der Waals surface area contributed by atoms with Crippen molar-refractivity contribution in [3.8, 4) is 0 Å². The molecule has 2 heterocycles. The van der Waals surface area contributed by atoms with E-state index in [4.69, 9.17) is 9.16 Å². The fraction of sp³-hybridized carbons (Fsp3) is 0.941. The van der Waals surface area contributed by atoms with E-state index in [2.05, 4.69) is 39.2 Å². The van der Waals surface area contributed by atoms with Crippen molar-refractivity contribution in [3.63, 3.8) is 0 Å². The first kappa shape index (κ1) is 18.7. The van der Waals surface area contributed by atoms with Gasteiger partial charge in [0.15, 0.2) is 8.32 Å². The van der Waals surface area contributed by atoms with E-state index in [-0.39, 0.29) is 29.3 Å². The molecule has 23 heavy (non-hydrogen) atoms. The number of hydrogen-bond donors (Lipinski definition) is 1. The predicted octanol–water partition coefficient (Wildman–Crippen LogP) is 3.36. The number of rotatable bonds is 2. The normalized spacial score (nSPS) is 28.9. The zero-order chi connectivity index (χ0) is 17.6. The van der Waals surface area contributed by atoms with Gasteiger partial charge in [-0.1, -0.05) is 20.8 Å². The number of ether oxygens (including phenoxy) is 1. The van der Waals surface area contributed by atoms with Gasteiger partial charge in [-0.3, -0.25) is 4.90 Å². The molecule has 0 aromatic heterocycles. The van der Waals surface area contributed by atoms with Crippen molar-refractivity contribution in [3.05, 3.63) is 0 Å². The van der Waals surface area contributed by atoms with Crippen LogP contribution in [-0.2, 0) is 9.16 Å². The van der Waals surface area contributed by atoms with Crippen LogP contribution in [0.15, 0.2) is 0 Å². The molecule has 0 aliphatic carbocycles. The molecule has 134 valence electrons. The average Bonchev–Trinajstić information content (AvgIpc) is 2.52. The number of nitrogens with zero attached hydrogens (tertiary/aromatic N) is 1. The van der Waals surface area contributed by atoms with Gasteiger partial charge in [0, 0.05) is 13.1 Å². The summed E-state index contributed by atoms with van der Waals surface area (Å²) >= 11 is 0. The number of amides is 1. The van der Waals surface area contributed by atoms with Crippen molar-refractivity contribution in [2.24, 2.45) is 0 Å². The lowest BCUT2D eigenvalue weighted by Gasteiger charge is -2.41. The molecule has 2 bridgehead atoms. The number of nitrogens with one attached hydrogen (secondary N) is 1. The Balaban J connectivity index is 2.13. The van der Waals surface area contributed by atoms with E-state index in [1.807, 2.05) is 25.7 Å². The molecule has 2 aliphatic heterocycles. The lowest BCUT2D eigenvalue weighted by molar-refractivity contribution is 0.00437. The first-order chi connectivity index (χ1) is 10.3. The molecule has 2 fully saturated rings. The Bertz CT molecular complexity index is 454. The summed E-state index contributed by atoms with van der Waals surface area (Å²) in [6.07, 6.45) is 0.822. The number of carbonyl (C=O) groups is 1. The summed E-state index contributed by atoms with van der Waals surface area (Å²) < 4.78 is 12.3. The van der Waals surface area contributed by atoms with Gasteiger partial charge in [0.05, 0.1) is 18.2 Å². The Morgan fingerprint density at radius 1 is 1.13 bits per heavy atom. The molecule has 0 aromatic rings. The van der Waals surface area contributed by atoms with Crippen molar-refractivity contribution in [1.82, 2.24) is 10.2 Å². The first-order valence-electron chi connectivity index (χ1n) is 8.72. The molecule has 5 nitrogen and oxygen atoms in total. The fourth-order valence-electron chi connectivity index (χ4n) is 3.08. The summed E-state index contributed by atoms with van der Waals surface area (Å²) in [4.78, 5) is 14.5. The molecule has 6 heteroatoms. The number of hydrogen-bond acceptors (Lipinski definition) is 4. The highest BCUT2D eigenvalue weighted by atomic mass is 28.4. The molecular formula is C17H34N2O3Si. The van der Waals surface area contributed by atoms with Crippen LogP contribution in [-0.4, -0.2) is 56.2 Å². The van der Waals surface area contributed by atoms with Crippen LogP contribution in [0.5, 0.6) is 0 Å². The monoisotopic (exact) mass is 342 g/mol. The molecule has 2 aliphatic rings. The zero-order valence-electron chi connectivity index (χ0n) is 16.0. The van der Waals surface area contributed by atoms with Gasteiger partial charge < -0.3 is 14.5 Å². The standard InChI is InChI=1S/C17H34N2O3Si/c1-16(2,3)21-15(20)19-12-9-14(13(19)11-18-10-12)22-23(7,8)17(4,5)6/h12-14,18H,9-11H2,1-8H3/t12-,13-,14-/m0/s1. The van der Waals surface area contributed by atoms with E-state index in [9.17, 15) is 4.79 Å². The van der Waals surface area contributed by atoms with E-state index >= 15 is 0 Å². The first-order valence-corrected chi connectivity index (χ1v) is 11.6. The second kappa shape index (κ2) is 6.04. The smallest absolute Gasteiger partial charge is 0.410 e. The maximum absolute atomic E-state index is 12.6. The third kappa shape index (κ3) is 4.09. The van der Waals surface area contributed by atoms with Crippen LogP contribution in [0.2, 0.25) is 18.1 Å². The van der Waals surface area contributed by atoms with Crippen LogP contribution < -0.4 is 5.32 Å². The Labute approximate surface area is 142 Å². The lowest BCUT2D eigenvalue weighted by Crippen LogP contribution is -2.57. The average molecular weight is 343 g/mol. The Kier molecular flexibility index (Phi) is 4.92. The molecule has 2 rings (SSSR count). The van der Waals surface area contributed by atoms with Crippen LogP contribution in [0.25, 0.3) is 0 Å². The highest BCUT2D eigenvalue weighted by Gasteiger charge is 2.51. The van der Waals surface area contributed by atoms with Gasteiger partial charge in [-0.2, -0.15) is 0 Å². The zero-order valence-corrected chi connectivity index (χ0v) is 17.0. The van der Waals surface area contributed by atoms with E-state index in [0.717, 1.165) is 19.5 Å². The van der Waals surface area contributed by atoms with Crippen molar-refractivity contribution in [2.45, 2.75) is 89.9 Å². The maximum Gasteiger partial charge on any atom is 0.410 e. The molecule has 2 saturated heterocycles. The lowest BCUT2D eigenvalue weighted by atomic mass is 10.2. The minimum Gasteiger partial charge on any atom is -0.444 e. The van der Waals surface area contributed by atoms with Crippen LogP contribution >= 0.6 is 0 Å². The second-order valence-corrected chi connectivity index (χ2v) is 14.2. The Hall–Kier alpha value is -0.593. The topological polar surface area (TPSA) is 50.8 Å². The molecule has 0 spiro atoms. The van der Waals surface area contributed by atoms with Crippen LogP contribution in [0.4, 0.5) is 4.79 Å². The molecular weight excluding hydrogens is 308 g/mol. The maximum atomic E-state index is 12.6. The minimum absolute atomic E-state index is 0.0812. The quantitative estimate of drug-likeness (QED) is 0.782. The summed E-state index contributed by atoms with van der Waals surface area (Å²) in [5.74, 6) is 0. The van der Waals surface area contributed by atoms with Gasteiger partial charge >= 0.3 is 6.09 Å².